The summed E-state index contributed by atoms with van der Waals surface area (Å²) >= 11 is 0. The average Bonchev–Trinajstić information content (AvgIpc) is 2.25. The molecule has 1 aliphatic heterocycles. The first-order valence-corrected chi connectivity index (χ1v) is 5.39. The highest BCUT2D eigenvalue weighted by atomic mass is 19.1. The number of halogens is 1. The van der Waals surface area contributed by atoms with Gasteiger partial charge in [-0.15, -0.1) is 0 Å². The Labute approximate surface area is 84.7 Å². The molecule has 0 aromatic rings. The topological polar surface area (TPSA) is 32.3 Å². The Morgan fingerprint density at radius 1 is 1.29 bits per heavy atom. The van der Waals surface area contributed by atoms with Crippen LogP contribution in [-0.2, 0) is 4.79 Å². The fraction of sp³-hybridized carbons (Fsp3) is 0.900. The van der Waals surface area contributed by atoms with Crippen LogP contribution in [0.25, 0.3) is 0 Å². The molecule has 1 N–H and O–H groups in total. The second-order valence-corrected chi connectivity index (χ2v) is 3.66. The zero-order chi connectivity index (χ0) is 10.2. The van der Waals surface area contributed by atoms with Crippen LogP contribution in [0.15, 0.2) is 0 Å². The summed E-state index contributed by atoms with van der Waals surface area (Å²) in [5.41, 5.74) is 0. The quantitative estimate of drug-likeness (QED) is 0.673. The summed E-state index contributed by atoms with van der Waals surface area (Å²) in [7, 11) is 0. The van der Waals surface area contributed by atoms with Crippen molar-refractivity contribution in [3.05, 3.63) is 0 Å². The number of piperidine rings is 1. The van der Waals surface area contributed by atoms with Crippen molar-refractivity contribution in [2.24, 2.45) is 0 Å². The van der Waals surface area contributed by atoms with Gasteiger partial charge in [-0.25, -0.2) is 0 Å². The molecule has 0 aromatic heterocycles. The van der Waals surface area contributed by atoms with Gasteiger partial charge in [-0.3, -0.25) is 9.18 Å². The Morgan fingerprint density at radius 2 is 2.00 bits per heavy atom. The zero-order valence-corrected chi connectivity index (χ0v) is 8.60. The lowest BCUT2D eigenvalue weighted by Gasteiger charge is -2.26. The van der Waals surface area contributed by atoms with Gasteiger partial charge in [-0.2, -0.15) is 0 Å². The number of amides is 1. The van der Waals surface area contributed by atoms with E-state index in [2.05, 4.69) is 5.32 Å². The number of alkyl halides is 1. The van der Waals surface area contributed by atoms with Crippen molar-refractivity contribution in [3.63, 3.8) is 0 Å². The average molecular weight is 202 g/mol. The molecule has 0 saturated carbocycles. The van der Waals surface area contributed by atoms with E-state index in [0.29, 0.717) is 19.5 Å². The summed E-state index contributed by atoms with van der Waals surface area (Å²) in [6, 6.07) is 0. The highest BCUT2D eigenvalue weighted by molar-refractivity contribution is 5.78. The molecule has 0 radical (unpaired) electrons. The molecule has 4 heteroatoms. The van der Waals surface area contributed by atoms with Crippen molar-refractivity contribution in [3.8, 4) is 0 Å². The molecule has 1 saturated heterocycles. The number of carbonyl (C=O) groups is 1. The van der Waals surface area contributed by atoms with E-state index >= 15 is 0 Å². The molecule has 0 aromatic carbocycles. The van der Waals surface area contributed by atoms with Gasteiger partial charge in [0.25, 0.3) is 0 Å². The maximum absolute atomic E-state index is 11.7. The maximum atomic E-state index is 11.7. The van der Waals surface area contributed by atoms with Gasteiger partial charge >= 0.3 is 0 Å². The number of nitrogens with one attached hydrogen (secondary N) is 1. The van der Waals surface area contributed by atoms with Crippen molar-refractivity contribution in [1.29, 1.82) is 0 Å². The first kappa shape index (κ1) is 11.4. The second-order valence-electron chi connectivity index (χ2n) is 3.66. The van der Waals surface area contributed by atoms with E-state index in [1.807, 2.05) is 4.90 Å². The standard InChI is InChI=1S/C10H19FN2O/c11-5-4-6-12-9-10(14)13-7-2-1-3-8-13/h12H,1-9H2. The van der Waals surface area contributed by atoms with Crippen molar-refractivity contribution in [1.82, 2.24) is 10.2 Å². The molecule has 14 heavy (non-hydrogen) atoms. The van der Waals surface area contributed by atoms with Crippen molar-refractivity contribution < 1.29 is 9.18 Å². The lowest BCUT2D eigenvalue weighted by molar-refractivity contribution is -0.131. The maximum Gasteiger partial charge on any atom is 0.236 e. The van der Waals surface area contributed by atoms with E-state index in [4.69, 9.17) is 0 Å². The number of hydrogen-bond acceptors (Lipinski definition) is 2. The minimum absolute atomic E-state index is 0.156. The lowest BCUT2D eigenvalue weighted by Crippen LogP contribution is -2.41. The largest absolute Gasteiger partial charge is 0.342 e. The molecule has 1 heterocycles. The van der Waals surface area contributed by atoms with Crippen molar-refractivity contribution in [2.75, 3.05) is 32.9 Å². The number of likely N-dealkylation sites (tertiary alicyclic amines) is 1. The van der Waals surface area contributed by atoms with Gasteiger partial charge in [0.2, 0.25) is 5.91 Å². The molecule has 0 unspecified atom stereocenters. The number of carbonyl (C=O) groups excluding carboxylic acids is 1. The van der Waals surface area contributed by atoms with E-state index in [1.165, 1.54) is 6.42 Å². The van der Waals surface area contributed by atoms with Crippen LogP contribution < -0.4 is 5.32 Å². The van der Waals surface area contributed by atoms with Crippen LogP contribution in [0.3, 0.4) is 0 Å². The highest BCUT2D eigenvalue weighted by Gasteiger charge is 2.15. The van der Waals surface area contributed by atoms with E-state index < -0.39 is 0 Å². The monoisotopic (exact) mass is 202 g/mol. The van der Waals surface area contributed by atoms with Gasteiger partial charge < -0.3 is 10.2 Å². The van der Waals surface area contributed by atoms with Crippen molar-refractivity contribution in [2.45, 2.75) is 25.7 Å². The van der Waals surface area contributed by atoms with Crippen LogP contribution in [0.2, 0.25) is 0 Å². The van der Waals surface area contributed by atoms with Crippen LogP contribution in [-0.4, -0.2) is 43.7 Å². The molecule has 0 bridgehead atoms. The fourth-order valence-corrected chi connectivity index (χ4v) is 1.64. The molecule has 1 amide bonds. The Morgan fingerprint density at radius 3 is 2.64 bits per heavy atom. The van der Waals surface area contributed by atoms with Gasteiger partial charge in [-0.1, -0.05) is 0 Å². The summed E-state index contributed by atoms with van der Waals surface area (Å²) in [4.78, 5) is 13.4. The molecule has 0 aliphatic carbocycles. The van der Waals surface area contributed by atoms with E-state index in [-0.39, 0.29) is 12.6 Å². The Kier molecular flexibility index (Phi) is 5.52. The van der Waals surface area contributed by atoms with Gasteiger partial charge in [0.1, 0.15) is 0 Å². The third-order valence-electron chi connectivity index (χ3n) is 2.47. The predicted molar refractivity (Wildman–Crippen MR) is 53.9 cm³/mol. The molecule has 1 rings (SSSR count). The molecular weight excluding hydrogens is 183 g/mol. The molecule has 1 fully saturated rings. The molecule has 3 nitrogen and oxygen atoms in total. The number of nitrogens with zero attached hydrogens (tertiary/aromatic N) is 1. The lowest BCUT2D eigenvalue weighted by atomic mass is 10.1. The minimum Gasteiger partial charge on any atom is -0.342 e. The van der Waals surface area contributed by atoms with E-state index in [9.17, 15) is 9.18 Å². The first-order valence-electron chi connectivity index (χ1n) is 5.39. The summed E-state index contributed by atoms with van der Waals surface area (Å²) < 4.78 is 11.7. The van der Waals surface area contributed by atoms with Crippen molar-refractivity contribution >= 4 is 5.91 Å². The fourth-order valence-electron chi connectivity index (χ4n) is 1.64. The van der Waals surface area contributed by atoms with Gasteiger partial charge in [0.05, 0.1) is 13.2 Å². The number of hydrogen-bond donors (Lipinski definition) is 1. The Balaban J connectivity index is 2.07. The third kappa shape index (κ3) is 4.05. The molecular formula is C10H19FN2O. The molecule has 0 spiro atoms. The van der Waals surface area contributed by atoms with Crippen LogP contribution in [0.1, 0.15) is 25.7 Å². The normalized spacial score (nSPS) is 17.1. The van der Waals surface area contributed by atoms with Crippen LogP contribution in [0, 0.1) is 0 Å². The van der Waals surface area contributed by atoms with E-state index in [1.54, 1.807) is 0 Å². The second kappa shape index (κ2) is 6.76. The smallest absolute Gasteiger partial charge is 0.236 e. The molecule has 0 atom stereocenters. The third-order valence-corrected chi connectivity index (χ3v) is 2.47. The summed E-state index contributed by atoms with van der Waals surface area (Å²) in [6.45, 7) is 2.42. The van der Waals surface area contributed by atoms with Gasteiger partial charge in [0.15, 0.2) is 0 Å². The predicted octanol–water partition coefficient (Wildman–Crippen LogP) is 0.948. The van der Waals surface area contributed by atoms with Crippen LogP contribution in [0.5, 0.6) is 0 Å². The van der Waals surface area contributed by atoms with Crippen LogP contribution >= 0.6 is 0 Å². The Hall–Kier alpha value is -0.640. The summed E-state index contributed by atoms with van der Waals surface area (Å²) in [5.74, 6) is 0.156. The zero-order valence-electron chi connectivity index (χ0n) is 8.60. The molecule has 1 aliphatic rings. The van der Waals surface area contributed by atoms with Gasteiger partial charge in [-0.05, 0) is 32.2 Å². The molecule has 82 valence electrons. The SMILES string of the molecule is O=C(CNCCCF)N1CCCCC1. The Bertz CT molecular complexity index is 170. The summed E-state index contributed by atoms with van der Waals surface area (Å²) in [5, 5.41) is 2.95. The van der Waals surface area contributed by atoms with E-state index in [0.717, 1.165) is 25.9 Å². The summed E-state index contributed by atoms with van der Waals surface area (Å²) in [6.07, 6.45) is 3.97. The first-order chi connectivity index (χ1) is 6.84. The highest BCUT2D eigenvalue weighted by Crippen LogP contribution is 2.07. The van der Waals surface area contributed by atoms with Gasteiger partial charge in [0, 0.05) is 13.1 Å². The number of rotatable bonds is 5. The van der Waals surface area contributed by atoms with Crippen LogP contribution in [0.4, 0.5) is 4.39 Å². The minimum atomic E-state index is -0.315.